The number of piperidine rings is 1. The number of benzene rings is 1. The van der Waals surface area contributed by atoms with Gasteiger partial charge in [0.15, 0.2) is 0 Å². The molecule has 1 aliphatic heterocycles. The van der Waals surface area contributed by atoms with Crippen LogP contribution >= 0.6 is 15.9 Å². The van der Waals surface area contributed by atoms with E-state index in [1.807, 2.05) is 0 Å². The topological polar surface area (TPSA) is 66.5 Å². The summed E-state index contributed by atoms with van der Waals surface area (Å²) in [5, 5.41) is 3.03. The number of hydrogen-bond acceptors (Lipinski definition) is 3. The highest BCUT2D eigenvalue weighted by molar-refractivity contribution is 9.10. The van der Waals surface area contributed by atoms with Crippen LogP contribution < -0.4 is 5.32 Å². The Morgan fingerprint density at radius 3 is 2.23 bits per heavy atom. The van der Waals surface area contributed by atoms with Crippen LogP contribution in [0.2, 0.25) is 0 Å². The molecule has 2 fully saturated rings. The molecule has 1 N–H and O–H groups in total. The minimum Gasteiger partial charge on any atom is -0.353 e. The second kappa shape index (κ2) is 6.29. The van der Waals surface area contributed by atoms with Crippen LogP contribution in [0.1, 0.15) is 25.7 Å². The molecular weight excluding hydrogens is 368 g/mol. The van der Waals surface area contributed by atoms with E-state index in [-0.39, 0.29) is 17.9 Å². The summed E-state index contributed by atoms with van der Waals surface area (Å²) in [6.45, 7) is 0.905. The number of halogens is 1. The molecule has 0 spiro atoms. The predicted molar refractivity (Wildman–Crippen MR) is 86.8 cm³/mol. The SMILES string of the molecule is O=C(NC1CCN(S(=O)(=O)c2ccc(Br)cc2)CC1)C1CC1. The lowest BCUT2D eigenvalue weighted by molar-refractivity contribution is -0.123. The molecule has 22 heavy (non-hydrogen) atoms. The molecule has 0 aromatic heterocycles. The number of carbonyl (C=O) groups excluding carboxylic acids is 1. The van der Waals surface area contributed by atoms with Gasteiger partial charge in [-0.2, -0.15) is 4.31 Å². The van der Waals surface area contributed by atoms with Crippen molar-refractivity contribution in [2.24, 2.45) is 5.92 Å². The van der Waals surface area contributed by atoms with Crippen LogP contribution in [0, 0.1) is 5.92 Å². The van der Waals surface area contributed by atoms with Gasteiger partial charge in [-0.1, -0.05) is 15.9 Å². The van der Waals surface area contributed by atoms with E-state index in [1.165, 1.54) is 4.31 Å². The molecule has 1 aromatic rings. The first-order valence-corrected chi connectivity index (χ1v) is 9.76. The number of rotatable bonds is 4. The predicted octanol–water partition coefficient (Wildman–Crippen LogP) is 2.13. The second-order valence-corrected chi connectivity index (χ2v) is 8.77. The Morgan fingerprint density at radius 2 is 1.68 bits per heavy atom. The van der Waals surface area contributed by atoms with Gasteiger partial charge in [0.25, 0.3) is 0 Å². The number of hydrogen-bond donors (Lipinski definition) is 1. The lowest BCUT2D eigenvalue weighted by atomic mass is 10.1. The summed E-state index contributed by atoms with van der Waals surface area (Å²) in [5.41, 5.74) is 0. The van der Waals surface area contributed by atoms with E-state index in [0.717, 1.165) is 17.3 Å². The zero-order valence-electron chi connectivity index (χ0n) is 12.2. The molecule has 1 aromatic carbocycles. The van der Waals surface area contributed by atoms with Crippen molar-refractivity contribution in [2.75, 3.05) is 13.1 Å². The van der Waals surface area contributed by atoms with Crippen molar-refractivity contribution < 1.29 is 13.2 Å². The molecular formula is C15H19BrN2O3S. The molecule has 120 valence electrons. The van der Waals surface area contributed by atoms with Crippen LogP contribution in [0.3, 0.4) is 0 Å². The number of nitrogens with one attached hydrogen (secondary N) is 1. The lowest BCUT2D eigenvalue weighted by Crippen LogP contribution is -2.46. The van der Waals surface area contributed by atoms with Gasteiger partial charge < -0.3 is 5.32 Å². The Morgan fingerprint density at radius 1 is 1.09 bits per heavy atom. The summed E-state index contributed by atoms with van der Waals surface area (Å²) in [6, 6.07) is 6.79. The minimum atomic E-state index is -3.43. The van der Waals surface area contributed by atoms with E-state index < -0.39 is 10.0 Å². The number of nitrogens with zero attached hydrogens (tertiary/aromatic N) is 1. The highest BCUT2D eigenvalue weighted by Crippen LogP contribution is 2.29. The van der Waals surface area contributed by atoms with Crippen molar-refractivity contribution in [1.82, 2.24) is 9.62 Å². The third-order valence-corrected chi connectivity index (χ3v) is 6.64. The monoisotopic (exact) mass is 386 g/mol. The Balaban J connectivity index is 1.60. The summed E-state index contributed by atoms with van der Waals surface area (Å²) in [4.78, 5) is 12.1. The molecule has 0 bridgehead atoms. The highest BCUT2D eigenvalue weighted by atomic mass is 79.9. The van der Waals surface area contributed by atoms with Gasteiger partial charge in [-0.25, -0.2) is 8.42 Å². The average molecular weight is 387 g/mol. The fourth-order valence-electron chi connectivity index (χ4n) is 2.66. The zero-order chi connectivity index (χ0) is 15.7. The van der Waals surface area contributed by atoms with Crippen molar-refractivity contribution in [3.05, 3.63) is 28.7 Å². The summed E-state index contributed by atoms with van der Waals surface area (Å²) in [6.07, 6.45) is 3.33. The van der Waals surface area contributed by atoms with Gasteiger partial charge in [-0.3, -0.25) is 4.79 Å². The van der Waals surface area contributed by atoms with Gasteiger partial charge >= 0.3 is 0 Å². The van der Waals surface area contributed by atoms with E-state index in [9.17, 15) is 13.2 Å². The largest absolute Gasteiger partial charge is 0.353 e. The van der Waals surface area contributed by atoms with Crippen LogP contribution in [0.25, 0.3) is 0 Å². The zero-order valence-corrected chi connectivity index (χ0v) is 14.6. The van der Waals surface area contributed by atoms with Gasteiger partial charge in [-0.05, 0) is 49.9 Å². The first-order chi connectivity index (χ1) is 10.5. The van der Waals surface area contributed by atoms with Crippen LogP contribution in [0.15, 0.2) is 33.6 Å². The molecule has 5 nitrogen and oxygen atoms in total. The summed E-state index contributed by atoms with van der Waals surface area (Å²) in [7, 11) is -3.43. The third-order valence-electron chi connectivity index (χ3n) is 4.20. The van der Waals surface area contributed by atoms with E-state index in [4.69, 9.17) is 0 Å². The third kappa shape index (κ3) is 3.52. The smallest absolute Gasteiger partial charge is 0.243 e. The molecule has 2 aliphatic rings. The van der Waals surface area contributed by atoms with Gasteiger partial charge in [-0.15, -0.1) is 0 Å². The standard InChI is InChI=1S/C15H19BrN2O3S/c16-12-3-5-14(6-4-12)22(20,21)18-9-7-13(8-10-18)17-15(19)11-1-2-11/h3-6,11,13H,1-2,7-10H2,(H,17,19). The van der Waals surface area contributed by atoms with Crippen molar-refractivity contribution in [3.8, 4) is 0 Å². The molecule has 1 aliphatic carbocycles. The van der Waals surface area contributed by atoms with Gasteiger partial charge in [0, 0.05) is 29.5 Å². The van der Waals surface area contributed by atoms with Crippen LogP contribution in [-0.4, -0.2) is 37.8 Å². The first kappa shape index (κ1) is 16.0. The Kier molecular flexibility index (Phi) is 4.56. The van der Waals surface area contributed by atoms with Gasteiger partial charge in [0.2, 0.25) is 15.9 Å². The average Bonchev–Trinajstić information content (AvgIpc) is 3.33. The van der Waals surface area contributed by atoms with Gasteiger partial charge in [0.1, 0.15) is 0 Å². The van der Waals surface area contributed by atoms with Crippen molar-refractivity contribution in [1.29, 1.82) is 0 Å². The summed E-state index contributed by atoms with van der Waals surface area (Å²) in [5.74, 6) is 0.332. The van der Waals surface area contributed by atoms with Crippen LogP contribution in [-0.2, 0) is 14.8 Å². The fourth-order valence-corrected chi connectivity index (χ4v) is 4.39. The normalized spacial score (nSPS) is 20.8. The molecule has 7 heteroatoms. The maximum atomic E-state index is 12.6. The molecule has 1 saturated carbocycles. The molecule has 1 saturated heterocycles. The van der Waals surface area contributed by atoms with E-state index in [0.29, 0.717) is 30.8 Å². The highest BCUT2D eigenvalue weighted by Gasteiger charge is 2.33. The second-order valence-electron chi connectivity index (χ2n) is 5.92. The Bertz CT molecular complexity index is 648. The van der Waals surface area contributed by atoms with E-state index in [1.54, 1.807) is 24.3 Å². The van der Waals surface area contributed by atoms with Crippen molar-refractivity contribution in [3.63, 3.8) is 0 Å². The molecule has 0 unspecified atom stereocenters. The maximum absolute atomic E-state index is 12.6. The fraction of sp³-hybridized carbons (Fsp3) is 0.533. The molecule has 0 radical (unpaired) electrons. The molecule has 1 heterocycles. The quantitative estimate of drug-likeness (QED) is 0.861. The number of carbonyl (C=O) groups is 1. The Labute approximate surface area is 139 Å². The summed E-state index contributed by atoms with van der Waals surface area (Å²) < 4.78 is 27.5. The molecule has 0 atom stereocenters. The van der Waals surface area contributed by atoms with Crippen molar-refractivity contribution in [2.45, 2.75) is 36.6 Å². The van der Waals surface area contributed by atoms with Crippen LogP contribution in [0.4, 0.5) is 0 Å². The van der Waals surface area contributed by atoms with E-state index in [2.05, 4.69) is 21.2 Å². The van der Waals surface area contributed by atoms with Gasteiger partial charge in [0.05, 0.1) is 4.90 Å². The first-order valence-electron chi connectivity index (χ1n) is 7.53. The number of sulfonamides is 1. The van der Waals surface area contributed by atoms with Crippen LogP contribution in [0.5, 0.6) is 0 Å². The minimum absolute atomic E-state index is 0.101. The lowest BCUT2D eigenvalue weighted by Gasteiger charge is -2.31. The Hall–Kier alpha value is -0.920. The maximum Gasteiger partial charge on any atom is 0.243 e. The summed E-state index contributed by atoms with van der Waals surface area (Å²) >= 11 is 3.31. The van der Waals surface area contributed by atoms with E-state index >= 15 is 0 Å². The molecule has 3 rings (SSSR count). The van der Waals surface area contributed by atoms with Crippen molar-refractivity contribution >= 4 is 31.9 Å². The number of amides is 1. The molecule has 1 amide bonds.